The van der Waals surface area contributed by atoms with Crippen LogP contribution in [0.5, 0.6) is 5.75 Å². The second-order valence-electron chi connectivity index (χ2n) is 5.93. The zero-order valence-electron chi connectivity index (χ0n) is 11.0. The number of methoxy groups -OCH3 is 1. The van der Waals surface area contributed by atoms with Crippen LogP contribution >= 0.6 is 0 Å². The number of pyridine rings is 1. The number of ether oxygens (including phenoxy) is 1. The lowest BCUT2D eigenvalue weighted by Crippen LogP contribution is -2.42. The summed E-state index contributed by atoms with van der Waals surface area (Å²) >= 11 is 0. The van der Waals surface area contributed by atoms with Crippen molar-refractivity contribution in [3.63, 3.8) is 0 Å². The van der Waals surface area contributed by atoms with Crippen LogP contribution in [0.1, 0.15) is 45.1 Å². The molecule has 3 nitrogen and oxygen atoms in total. The zero-order valence-corrected chi connectivity index (χ0v) is 11.0. The Hall–Kier alpha value is -1.09. The Balaban J connectivity index is 2.21. The Kier molecular flexibility index (Phi) is 3.13. The third-order valence-corrected chi connectivity index (χ3v) is 4.02. The predicted molar refractivity (Wildman–Crippen MR) is 68.9 cm³/mol. The topological polar surface area (TPSA) is 48.1 Å². The molecule has 0 amide bonds. The van der Waals surface area contributed by atoms with Crippen LogP contribution < -0.4 is 10.5 Å². The van der Waals surface area contributed by atoms with Crippen molar-refractivity contribution in [3.8, 4) is 5.75 Å². The molecule has 3 heteroatoms. The molecule has 0 radical (unpaired) electrons. The summed E-state index contributed by atoms with van der Waals surface area (Å²) in [5.41, 5.74) is 7.83. The first kappa shape index (κ1) is 12.4. The Morgan fingerprint density at radius 1 is 1.18 bits per heavy atom. The number of aromatic nitrogens is 1. The van der Waals surface area contributed by atoms with Crippen LogP contribution in [0, 0.1) is 5.41 Å². The predicted octanol–water partition coefficient (Wildman–Crippen LogP) is 2.84. The fourth-order valence-electron chi connectivity index (χ4n) is 2.46. The van der Waals surface area contributed by atoms with Gasteiger partial charge in [0.1, 0.15) is 5.75 Å². The highest BCUT2D eigenvalue weighted by Gasteiger charge is 2.36. The Labute approximate surface area is 103 Å². The van der Waals surface area contributed by atoms with Crippen molar-refractivity contribution in [1.82, 2.24) is 4.98 Å². The summed E-state index contributed by atoms with van der Waals surface area (Å²) in [7, 11) is 1.66. The van der Waals surface area contributed by atoms with Crippen molar-refractivity contribution in [2.45, 2.75) is 45.1 Å². The van der Waals surface area contributed by atoms with Crippen LogP contribution in [0.2, 0.25) is 0 Å². The summed E-state index contributed by atoms with van der Waals surface area (Å²) < 4.78 is 5.21. The Morgan fingerprint density at radius 3 is 2.41 bits per heavy atom. The van der Waals surface area contributed by atoms with E-state index in [1.54, 1.807) is 13.3 Å². The summed E-state index contributed by atoms with van der Waals surface area (Å²) in [6, 6.07) is 2.02. The normalized spacial score (nSPS) is 22.1. The molecule has 1 fully saturated rings. The summed E-state index contributed by atoms with van der Waals surface area (Å²) in [5, 5.41) is 0. The maximum Gasteiger partial charge on any atom is 0.137 e. The average molecular weight is 234 g/mol. The molecule has 1 aliphatic rings. The van der Waals surface area contributed by atoms with E-state index in [0.29, 0.717) is 5.41 Å². The molecule has 0 unspecified atom stereocenters. The first-order chi connectivity index (χ1) is 7.95. The molecule has 0 spiro atoms. The molecule has 2 rings (SSSR count). The zero-order chi connectivity index (χ0) is 12.5. The van der Waals surface area contributed by atoms with Crippen molar-refractivity contribution >= 4 is 0 Å². The van der Waals surface area contributed by atoms with Crippen LogP contribution in [-0.2, 0) is 5.54 Å². The summed E-state index contributed by atoms with van der Waals surface area (Å²) in [5.74, 6) is 0.789. The maximum absolute atomic E-state index is 6.53. The lowest BCUT2D eigenvalue weighted by Gasteiger charge is -2.41. The van der Waals surface area contributed by atoms with Crippen molar-refractivity contribution in [2.75, 3.05) is 7.11 Å². The van der Waals surface area contributed by atoms with Gasteiger partial charge in [-0.1, -0.05) is 13.8 Å². The lowest BCUT2D eigenvalue weighted by molar-refractivity contribution is 0.165. The van der Waals surface area contributed by atoms with E-state index in [2.05, 4.69) is 18.8 Å². The molecule has 0 aromatic carbocycles. The molecule has 2 N–H and O–H groups in total. The van der Waals surface area contributed by atoms with Gasteiger partial charge >= 0.3 is 0 Å². The van der Waals surface area contributed by atoms with E-state index in [1.807, 2.05) is 12.3 Å². The van der Waals surface area contributed by atoms with Crippen molar-refractivity contribution < 1.29 is 4.74 Å². The van der Waals surface area contributed by atoms with Crippen LogP contribution in [0.25, 0.3) is 0 Å². The van der Waals surface area contributed by atoms with Gasteiger partial charge in [0.2, 0.25) is 0 Å². The molecule has 0 bridgehead atoms. The van der Waals surface area contributed by atoms with Crippen LogP contribution in [0.15, 0.2) is 18.5 Å². The molecular weight excluding hydrogens is 212 g/mol. The van der Waals surface area contributed by atoms with E-state index in [0.717, 1.165) is 24.2 Å². The van der Waals surface area contributed by atoms with Crippen LogP contribution in [0.4, 0.5) is 0 Å². The minimum atomic E-state index is -0.225. The van der Waals surface area contributed by atoms with Gasteiger partial charge in [-0.15, -0.1) is 0 Å². The Bertz CT molecular complexity index is 391. The summed E-state index contributed by atoms with van der Waals surface area (Å²) in [6.07, 6.45) is 7.98. The molecule has 1 aliphatic carbocycles. The first-order valence-electron chi connectivity index (χ1n) is 6.24. The van der Waals surface area contributed by atoms with Gasteiger partial charge in [-0.05, 0) is 42.7 Å². The number of hydrogen-bond acceptors (Lipinski definition) is 3. The van der Waals surface area contributed by atoms with E-state index < -0.39 is 0 Å². The van der Waals surface area contributed by atoms with Crippen molar-refractivity contribution in [2.24, 2.45) is 11.1 Å². The monoisotopic (exact) mass is 234 g/mol. The fourth-order valence-corrected chi connectivity index (χ4v) is 2.46. The summed E-state index contributed by atoms with van der Waals surface area (Å²) in [6.45, 7) is 4.63. The largest absolute Gasteiger partial charge is 0.495 e. The summed E-state index contributed by atoms with van der Waals surface area (Å²) in [4.78, 5) is 4.21. The molecule has 1 heterocycles. The smallest absolute Gasteiger partial charge is 0.137 e. The van der Waals surface area contributed by atoms with Gasteiger partial charge in [-0.3, -0.25) is 4.98 Å². The quantitative estimate of drug-likeness (QED) is 0.856. The number of nitrogens with two attached hydrogens (primary N) is 1. The highest BCUT2D eigenvalue weighted by molar-refractivity contribution is 5.29. The second-order valence-corrected chi connectivity index (χ2v) is 5.93. The number of nitrogens with zero attached hydrogens (tertiary/aromatic N) is 1. The lowest BCUT2D eigenvalue weighted by atomic mass is 9.68. The van der Waals surface area contributed by atoms with Crippen LogP contribution in [-0.4, -0.2) is 12.1 Å². The molecular formula is C14H22N2O. The minimum absolute atomic E-state index is 0.225. The van der Waals surface area contributed by atoms with Crippen molar-refractivity contribution in [1.29, 1.82) is 0 Å². The fraction of sp³-hybridized carbons (Fsp3) is 0.643. The van der Waals surface area contributed by atoms with Gasteiger partial charge < -0.3 is 10.5 Å². The first-order valence-corrected chi connectivity index (χ1v) is 6.24. The molecule has 0 aliphatic heterocycles. The standard InChI is InChI=1S/C14H22N2O/c1-13(2)4-6-14(15,7-5-13)11-8-12(17-3)10-16-9-11/h8-10H,4-7,15H2,1-3H3. The van der Waals surface area contributed by atoms with Gasteiger partial charge in [0, 0.05) is 11.7 Å². The maximum atomic E-state index is 6.53. The van der Waals surface area contributed by atoms with Gasteiger partial charge in [-0.25, -0.2) is 0 Å². The highest BCUT2D eigenvalue weighted by Crippen LogP contribution is 2.43. The molecule has 17 heavy (non-hydrogen) atoms. The molecule has 0 atom stereocenters. The minimum Gasteiger partial charge on any atom is -0.495 e. The van der Waals surface area contributed by atoms with E-state index in [1.165, 1.54) is 12.8 Å². The average Bonchev–Trinajstić information content (AvgIpc) is 2.33. The molecule has 1 aromatic rings. The van der Waals surface area contributed by atoms with E-state index in [-0.39, 0.29) is 5.54 Å². The van der Waals surface area contributed by atoms with E-state index in [4.69, 9.17) is 10.5 Å². The van der Waals surface area contributed by atoms with Gasteiger partial charge in [0.25, 0.3) is 0 Å². The third kappa shape index (κ3) is 2.60. The SMILES string of the molecule is COc1cncc(C2(N)CCC(C)(C)CC2)c1. The number of rotatable bonds is 2. The molecule has 94 valence electrons. The second kappa shape index (κ2) is 4.30. The molecule has 1 saturated carbocycles. The van der Waals surface area contributed by atoms with Crippen LogP contribution in [0.3, 0.4) is 0 Å². The van der Waals surface area contributed by atoms with Gasteiger partial charge in [0.05, 0.1) is 13.3 Å². The van der Waals surface area contributed by atoms with E-state index in [9.17, 15) is 0 Å². The number of hydrogen-bond donors (Lipinski definition) is 1. The van der Waals surface area contributed by atoms with Gasteiger partial charge in [0.15, 0.2) is 0 Å². The van der Waals surface area contributed by atoms with Crippen molar-refractivity contribution in [3.05, 3.63) is 24.0 Å². The third-order valence-electron chi connectivity index (χ3n) is 4.02. The Morgan fingerprint density at radius 2 is 1.82 bits per heavy atom. The van der Waals surface area contributed by atoms with Gasteiger partial charge in [-0.2, -0.15) is 0 Å². The molecule has 1 aromatic heterocycles. The molecule has 0 saturated heterocycles. The van der Waals surface area contributed by atoms with E-state index >= 15 is 0 Å². The highest BCUT2D eigenvalue weighted by atomic mass is 16.5.